The normalized spacial score (nSPS) is 12.5. The molecule has 0 aliphatic heterocycles. The molecule has 0 spiro atoms. The van der Waals surface area contributed by atoms with Crippen molar-refractivity contribution in [3.63, 3.8) is 0 Å². The van der Waals surface area contributed by atoms with Crippen molar-refractivity contribution in [1.82, 2.24) is 14.7 Å². The van der Waals surface area contributed by atoms with E-state index >= 15 is 0 Å². The number of sulfonamides is 1. The van der Waals surface area contributed by atoms with Crippen molar-refractivity contribution in [3.8, 4) is 0 Å². The summed E-state index contributed by atoms with van der Waals surface area (Å²) in [5.74, 6) is -0.0978. The molecule has 102 valence electrons. The molecule has 18 heavy (non-hydrogen) atoms. The van der Waals surface area contributed by atoms with Crippen molar-refractivity contribution in [2.45, 2.75) is 11.3 Å². The molecule has 0 saturated carbocycles. The lowest BCUT2D eigenvalue weighted by Gasteiger charge is -2.05. The fraction of sp³-hybridized carbons (Fsp3) is 0.500. The lowest BCUT2D eigenvalue weighted by Crippen LogP contribution is -2.26. The van der Waals surface area contributed by atoms with Crippen molar-refractivity contribution in [3.05, 3.63) is 12.4 Å². The number of sulfone groups is 1. The van der Waals surface area contributed by atoms with Gasteiger partial charge in [0.15, 0.2) is 0 Å². The highest BCUT2D eigenvalue weighted by atomic mass is 32.2. The third kappa shape index (κ3) is 4.94. The summed E-state index contributed by atoms with van der Waals surface area (Å²) in [6, 6.07) is 0. The van der Waals surface area contributed by atoms with Crippen LogP contribution in [0.2, 0.25) is 0 Å². The Morgan fingerprint density at radius 3 is 2.28 bits per heavy atom. The number of hydrogen-bond acceptors (Lipinski definition) is 7. The molecule has 0 atom stereocenters. The number of hydrogen-bond donors (Lipinski definition) is 2. The zero-order valence-corrected chi connectivity index (χ0v) is 11.3. The predicted octanol–water partition coefficient (Wildman–Crippen LogP) is -1.23. The quantitative estimate of drug-likeness (QED) is 0.628. The first kappa shape index (κ1) is 14.8. The first-order valence-electron chi connectivity index (χ1n) is 4.96. The molecular formula is C8H14N4O4S2. The van der Waals surface area contributed by atoms with Gasteiger partial charge in [0.2, 0.25) is 16.0 Å². The number of nitrogens with two attached hydrogens (primary N) is 1. The summed E-state index contributed by atoms with van der Waals surface area (Å²) >= 11 is 0. The molecule has 0 unspecified atom stereocenters. The van der Waals surface area contributed by atoms with Gasteiger partial charge in [0.1, 0.15) is 14.7 Å². The second-order valence-electron chi connectivity index (χ2n) is 3.66. The number of nitrogens with one attached hydrogen (secondary N) is 1. The number of nitrogens with zero attached hydrogens (tertiary/aromatic N) is 2. The molecule has 3 N–H and O–H groups in total. The Morgan fingerprint density at radius 1 is 1.22 bits per heavy atom. The van der Waals surface area contributed by atoms with Crippen LogP contribution in [-0.2, 0) is 19.9 Å². The van der Waals surface area contributed by atoms with Crippen LogP contribution in [0.25, 0.3) is 0 Å². The van der Waals surface area contributed by atoms with Crippen LogP contribution in [0.5, 0.6) is 0 Å². The molecule has 0 aromatic carbocycles. The highest BCUT2D eigenvalue weighted by Crippen LogP contribution is 2.05. The summed E-state index contributed by atoms with van der Waals surface area (Å²) in [5.41, 5.74) is 5.24. The first-order valence-corrected chi connectivity index (χ1v) is 8.50. The highest BCUT2D eigenvalue weighted by Gasteiger charge is 2.14. The standard InChI is InChI=1S/C8H14N4O4S2/c1-17(13,14)4-2-3-12-18(15,16)7-5-10-8(9)11-6-7/h5-6,12H,2-4H2,1H3,(H2,9,10,11). The minimum atomic E-state index is -3.72. The van der Waals surface area contributed by atoms with Crippen LogP contribution < -0.4 is 10.5 Å². The van der Waals surface area contributed by atoms with E-state index in [0.717, 1.165) is 18.6 Å². The van der Waals surface area contributed by atoms with E-state index in [9.17, 15) is 16.8 Å². The van der Waals surface area contributed by atoms with Crippen LogP contribution in [0, 0.1) is 0 Å². The fourth-order valence-electron chi connectivity index (χ4n) is 1.09. The SMILES string of the molecule is CS(=O)(=O)CCCNS(=O)(=O)c1cnc(N)nc1. The van der Waals surface area contributed by atoms with E-state index in [1.165, 1.54) is 0 Å². The average molecular weight is 294 g/mol. The smallest absolute Gasteiger partial charge is 0.243 e. The third-order valence-electron chi connectivity index (χ3n) is 1.94. The summed E-state index contributed by atoms with van der Waals surface area (Å²) in [6.45, 7) is 0.0276. The van der Waals surface area contributed by atoms with Gasteiger partial charge in [-0.2, -0.15) is 0 Å². The van der Waals surface area contributed by atoms with Crippen molar-refractivity contribution in [2.24, 2.45) is 0 Å². The van der Waals surface area contributed by atoms with Crippen LogP contribution in [0.3, 0.4) is 0 Å². The van der Waals surface area contributed by atoms with E-state index in [2.05, 4.69) is 14.7 Å². The van der Waals surface area contributed by atoms with Gasteiger partial charge in [-0.25, -0.2) is 31.5 Å². The molecule has 0 amide bonds. The maximum absolute atomic E-state index is 11.7. The van der Waals surface area contributed by atoms with Gasteiger partial charge in [0, 0.05) is 12.8 Å². The Labute approximate surface area is 106 Å². The van der Waals surface area contributed by atoms with Crippen LogP contribution in [0.1, 0.15) is 6.42 Å². The minimum absolute atomic E-state index is 0.0222. The van der Waals surface area contributed by atoms with E-state index in [-0.39, 0.29) is 29.6 Å². The van der Waals surface area contributed by atoms with Crippen molar-refractivity contribution < 1.29 is 16.8 Å². The number of aromatic nitrogens is 2. The molecule has 1 heterocycles. The molecule has 0 fully saturated rings. The molecule has 0 aliphatic carbocycles. The third-order valence-corrected chi connectivity index (χ3v) is 4.39. The van der Waals surface area contributed by atoms with Crippen LogP contribution in [0.15, 0.2) is 17.3 Å². The first-order chi connectivity index (χ1) is 8.21. The Morgan fingerprint density at radius 2 is 1.78 bits per heavy atom. The summed E-state index contributed by atoms with van der Waals surface area (Å²) < 4.78 is 47.3. The highest BCUT2D eigenvalue weighted by molar-refractivity contribution is 7.90. The topological polar surface area (TPSA) is 132 Å². The van der Waals surface area contributed by atoms with Crippen LogP contribution >= 0.6 is 0 Å². The molecule has 0 saturated heterocycles. The molecule has 0 radical (unpaired) electrons. The van der Waals surface area contributed by atoms with Crippen molar-refractivity contribution in [2.75, 3.05) is 24.3 Å². The average Bonchev–Trinajstić information content (AvgIpc) is 2.24. The van der Waals surface area contributed by atoms with Crippen LogP contribution in [0.4, 0.5) is 5.95 Å². The van der Waals surface area contributed by atoms with Gasteiger partial charge < -0.3 is 5.73 Å². The monoisotopic (exact) mass is 294 g/mol. The van der Waals surface area contributed by atoms with Crippen molar-refractivity contribution in [1.29, 1.82) is 0 Å². The molecule has 0 bridgehead atoms. The molecule has 8 nitrogen and oxygen atoms in total. The Bertz CT molecular complexity index is 594. The Hall–Kier alpha value is -1.26. The second kappa shape index (κ2) is 5.59. The molecule has 10 heteroatoms. The molecule has 1 rings (SSSR count). The maximum Gasteiger partial charge on any atom is 0.243 e. The van der Waals surface area contributed by atoms with E-state index in [1.54, 1.807) is 0 Å². The van der Waals surface area contributed by atoms with Gasteiger partial charge in [0.25, 0.3) is 0 Å². The zero-order chi connectivity index (χ0) is 13.8. The summed E-state index contributed by atoms with van der Waals surface area (Å²) in [7, 11) is -6.81. The molecule has 1 aromatic rings. The van der Waals surface area contributed by atoms with Gasteiger partial charge >= 0.3 is 0 Å². The van der Waals surface area contributed by atoms with E-state index in [4.69, 9.17) is 5.73 Å². The molecule has 0 aliphatic rings. The van der Waals surface area contributed by atoms with Gasteiger partial charge in [-0.3, -0.25) is 0 Å². The van der Waals surface area contributed by atoms with E-state index in [1.807, 2.05) is 0 Å². The van der Waals surface area contributed by atoms with Crippen molar-refractivity contribution >= 4 is 25.8 Å². The number of nitrogen functional groups attached to an aromatic ring is 1. The lowest BCUT2D eigenvalue weighted by atomic mass is 10.5. The second-order valence-corrected chi connectivity index (χ2v) is 7.68. The minimum Gasteiger partial charge on any atom is -0.368 e. The summed E-state index contributed by atoms with van der Waals surface area (Å²) in [4.78, 5) is 7.01. The summed E-state index contributed by atoms with van der Waals surface area (Å²) in [5, 5.41) is 0. The Balaban J connectivity index is 2.58. The Kier molecular flexibility index (Phi) is 4.59. The zero-order valence-electron chi connectivity index (χ0n) is 9.70. The maximum atomic E-state index is 11.7. The van der Waals surface area contributed by atoms with Gasteiger partial charge in [-0.05, 0) is 6.42 Å². The summed E-state index contributed by atoms with van der Waals surface area (Å²) in [6.07, 6.45) is 3.46. The number of rotatable bonds is 6. The molecular weight excluding hydrogens is 280 g/mol. The molecule has 1 aromatic heterocycles. The van der Waals surface area contributed by atoms with E-state index < -0.39 is 19.9 Å². The van der Waals surface area contributed by atoms with Gasteiger partial charge in [0.05, 0.1) is 18.1 Å². The number of anilines is 1. The largest absolute Gasteiger partial charge is 0.368 e. The van der Waals surface area contributed by atoms with E-state index in [0.29, 0.717) is 0 Å². The predicted molar refractivity (Wildman–Crippen MR) is 66.0 cm³/mol. The van der Waals surface area contributed by atoms with Crippen LogP contribution in [-0.4, -0.2) is 45.4 Å². The lowest BCUT2D eigenvalue weighted by molar-refractivity contribution is 0.576. The van der Waals surface area contributed by atoms with Gasteiger partial charge in [-0.1, -0.05) is 0 Å². The fourth-order valence-corrected chi connectivity index (χ4v) is 2.72. The van der Waals surface area contributed by atoms with Gasteiger partial charge in [-0.15, -0.1) is 0 Å².